The van der Waals surface area contributed by atoms with Gasteiger partial charge in [0.2, 0.25) is 5.89 Å². The number of rotatable bonds is 2. The van der Waals surface area contributed by atoms with Crippen molar-refractivity contribution in [1.29, 1.82) is 0 Å². The molecule has 0 radical (unpaired) electrons. The monoisotopic (exact) mass is 355 g/mol. The van der Waals surface area contributed by atoms with Crippen LogP contribution in [0.5, 0.6) is 0 Å². The Kier molecular flexibility index (Phi) is 3.21. The van der Waals surface area contributed by atoms with Crippen molar-refractivity contribution in [3.8, 4) is 11.5 Å². The predicted molar refractivity (Wildman–Crippen MR) is 99.6 cm³/mol. The zero-order valence-electron chi connectivity index (χ0n) is 14.3. The lowest BCUT2D eigenvalue weighted by molar-refractivity contribution is 0.0924. The van der Waals surface area contributed by atoms with Gasteiger partial charge >= 0.3 is 0 Å². The minimum atomic E-state index is -0.416. The second-order valence-corrected chi connectivity index (χ2v) is 6.38. The Morgan fingerprint density at radius 2 is 1.78 bits per heavy atom. The fourth-order valence-corrected chi connectivity index (χ4v) is 3.22. The van der Waals surface area contributed by atoms with Crippen molar-refractivity contribution in [3.63, 3.8) is 0 Å². The van der Waals surface area contributed by atoms with Gasteiger partial charge in [-0.05, 0) is 61.0 Å². The number of aryl methyl sites for hydroxylation is 1. The molecule has 2 aromatic heterocycles. The third kappa shape index (κ3) is 2.34. The molecule has 4 aromatic rings. The van der Waals surface area contributed by atoms with E-state index in [-0.39, 0.29) is 11.6 Å². The third-order valence-corrected chi connectivity index (χ3v) is 4.56. The Labute approximate surface area is 154 Å². The van der Waals surface area contributed by atoms with Gasteiger partial charge in [-0.15, -0.1) is 0 Å². The fourth-order valence-electron chi connectivity index (χ4n) is 3.22. The van der Waals surface area contributed by atoms with Crippen molar-refractivity contribution in [2.45, 2.75) is 6.92 Å². The zero-order chi connectivity index (χ0) is 18.5. The summed E-state index contributed by atoms with van der Waals surface area (Å²) in [4.78, 5) is 34.7. The lowest BCUT2D eigenvalue weighted by Crippen LogP contribution is -2.29. The highest BCUT2D eigenvalue weighted by atomic mass is 16.3. The molecule has 0 aliphatic carbocycles. The number of pyridine rings is 1. The molecule has 2 aromatic carbocycles. The van der Waals surface area contributed by atoms with Gasteiger partial charge in [0.15, 0.2) is 5.58 Å². The van der Waals surface area contributed by atoms with E-state index in [1.807, 2.05) is 25.1 Å². The van der Waals surface area contributed by atoms with Gasteiger partial charge in [0, 0.05) is 11.8 Å². The van der Waals surface area contributed by atoms with Crippen LogP contribution in [0.1, 0.15) is 26.4 Å². The van der Waals surface area contributed by atoms with Crippen molar-refractivity contribution in [2.75, 3.05) is 4.90 Å². The van der Waals surface area contributed by atoms with Gasteiger partial charge in [-0.3, -0.25) is 14.6 Å². The molecular weight excluding hydrogens is 342 g/mol. The number of benzene rings is 2. The molecule has 1 aliphatic rings. The van der Waals surface area contributed by atoms with E-state index in [1.54, 1.807) is 36.4 Å². The van der Waals surface area contributed by atoms with E-state index in [1.165, 1.54) is 6.20 Å². The summed E-state index contributed by atoms with van der Waals surface area (Å²) in [6, 6.07) is 16.0. The molecule has 0 spiro atoms. The van der Waals surface area contributed by atoms with Gasteiger partial charge in [-0.25, -0.2) is 9.88 Å². The molecule has 6 nitrogen and oxygen atoms in total. The van der Waals surface area contributed by atoms with Crippen LogP contribution in [0.2, 0.25) is 0 Å². The van der Waals surface area contributed by atoms with Crippen LogP contribution in [-0.2, 0) is 0 Å². The summed E-state index contributed by atoms with van der Waals surface area (Å²) >= 11 is 0. The quantitative estimate of drug-likeness (QED) is 0.508. The standard InChI is InChI=1S/C21H13N3O3/c1-12-4-9-17-16(11-12)23-19(27-17)13-5-7-14(8-6-13)24-20(25)15-3-2-10-22-18(15)21(24)26/h2-11H,1H3. The van der Waals surface area contributed by atoms with E-state index in [4.69, 9.17) is 4.42 Å². The van der Waals surface area contributed by atoms with Crippen molar-refractivity contribution >= 4 is 28.6 Å². The van der Waals surface area contributed by atoms with Crippen molar-refractivity contribution in [1.82, 2.24) is 9.97 Å². The van der Waals surface area contributed by atoms with Crippen molar-refractivity contribution < 1.29 is 14.0 Å². The van der Waals surface area contributed by atoms with Gasteiger partial charge in [-0.1, -0.05) is 6.07 Å². The normalized spacial score (nSPS) is 13.4. The Hall–Kier alpha value is -3.80. The molecule has 0 saturated carbocycles. The topological polar surface area (TPSA) is 76.3 Å². The van der Waals surface area contributed by atoms with Gasteiger partial charge < -0.3 is 4.42 Å². The highest BCUT2D eigenvalue weighted by Gasteiger charge is 2.37. The summed E-state index contributed by atoms with van der Waals surface area (Å²) in [6.45, 7) is 2.00. The van der Waals surface area contributed by atoms with Crippen LogP contribution in [0, 0.1) is 6.92 Å². The van der Waals surface area contributed by atoms with E-state index in [2.05, 4.69) is 9.97 Å². The van der Waals surface area contributed by atoms with Gasteiger partial charge in [0.25, 0.3) is 11.8 Å². The summed E-state index contributed by atoms with van der Waals surface area (Å²) in [5.74, 6) is -0.292. The number of fused-ring (bicyclic) bond motifs is 2. The van der Waals surface area contributed by atoms with Crippen molar-refractivity contribution in [2.24, 2.45) is 0 Å². The number of aromatic nitrogens is 2. The Morgan fingerprint density at radius 3 is 2.56 bits per heavy atom. The first-order valence-electron chi connectivity index (χ1n) is 8.43. The van der Waals surface area contributed by atoms with E-state index < -0.39 is 5.91 Å². The first kappa shape index (κ1) is 15.5. The van der Waals surface area contributed by atoms with E-state index in [0.717, 1.165) is 21.5 Å². The molecule has 1 aliphatic heterocycles. The molecule has 6 heteroatoms. The molecule has 0 atom stereocenters. The third-order valence-electron chi connectivity index (χ3n) is 4.56. The molecular formula is C21H13N3O3. The number of amides is 2. The second kappa shape index (κ2) is 5.60. The molecule has 27 heavy (non-hydrogen) atoms. The minimum absolute atomic E-state index is 0.181. The van der Waals surface area contributed by atoms with Crippen LogP contribution in [-0.4, -0.2) is 21.8 Å². The Morgan fingerprint density at radius 1 is 0.963 bits per heavy atom. The number of oxazole rings is 1. The van der Waals surface area contributed by atoms with Crippen LogP contribution < -0.4 is 4.90 Å². The number of hydrogen-bond donors (Lipinski definition) is 0. The summed E-state index contributed by atoms with van der Waals surface area (Å²) in [6.07, 6.45) is 1.51. The lowest BCUT2D eigenvalue weighted by atomic mass is 10.2. The molecule has 2 amide bonds. The number of carbonyl (C=O) groups is 2. The second-order valence-electron chi connectivity index (χ2n) is 6.38. The van der Waals surface area contributed by atoms with Crippen LogP contribution >= 0.6 is 0 Å². The Balaban J connectivity index is 1.50. The largest absolute Gasteiger partial charge is 0.436 e. The molecule has 3 heterocycles. The molecule has 5 rings (SSSR count). The SMILES string of the molecule is Cc1ccc2oc(-c3ccc(N4C(=O)c5cccnc5C4=O)cc3)nc2c1. The lowest BCUT2D eigenvalue weighted by Gasteiger charge is -2.13. The van der Waals surface area contributed by atoms with Crippen LogP contribution in [0.4, 0.5) is 5.69 Å². The number of imide groups is 1. The van der Waals surface area contributed by atoms with Crippen LogP contribution in [0.25, 0.3) is 22.6 Å². The molecule has 0 unspecified atom stereocenters. The molecule has 0 saturated heterocycles. The first-order valence-corrected chi connectivity index (χ1v) is 8.43. The van der Waals surface area contributed by atoms with E-state index >= 15 is 0 Å². The number of carbonyl (C=O) groups excluding carboxylic acids is 2. The average molecular weight is 355 g/mol. The summed E-state index contributed by atoms with van der Waals surface area (Å²) in [5.41, 5.74) is 4.37. The predicted octanol–water partition coefficient (Wildman–Crippen LogP) is 4.00. The molecule has 0 bridgehead atoms. The molecule has 130 valence electrons. The van der Waals surface area contributed by atoms with Crippen molar-refractivity contribution in [3.05, 3.63) is 77.6 Å². The maximum atomic E-state index is 12.5. The molecule has 0 fully saturated rings. The van der Waals surface area contributed by atoms with Crippen LogP contribution in [0.15, 0.2) is 65.2 Å². The van der Waals surface area contributed by atoms with Gasteiger partial charge in [-0.2, -0.15) is 0 Å². The average Bonchev–Trinajstić information content (AvgIpc) is 3.21. The number of anilines is 1. The highest BCUT2D eigenvalue weighted by Crippen LogP contribution is 2.30. The number of hydrogen-bond acceptors (Lipinski definition) is 5. The summed E-state index contributed by atoms with van der Waals surface area (Å²) < 4.78 is 5.80. The van der Waals surface area contributed by atoms with Gasteiger partial charge in [0.1, 0.15) is 11.2 Å². The summed E-state index contributed by atoms with van der Waals surface area (Å²) in [7, 11) is 0. The maximum Gasteiger partial charge on any atom is 0.284 e. The highest BCUT2D eigenvalue weighted by molar-refractivity contribution is 6.33. The molecule has 0 N–H and O–H groups in total. The minimum Gasteiger partial charge on any atom is -0.436 e. The van der Waals surface area contributed by atoms with E-state index in [0.29, 0.717) is 22.7 Å². The first-order chi connectivity index (χ1) is 13.1. The van der Waals surface area contributed by atoms with Crippen LogP contribution in [0.3, 0.4) is 0 Å². The fraction of sp³-hybridized carbons (Fsp3) is 0.0476. The van der Waals surface area contributed by atoms with Gasteiger partial charge in [0.05, 0.1) is 11.3 Å². The Bertz CT molecular complexity index is 1190. The van der Waals surface area contributed by atoms with E-state index in [9.17, 15) is 9.59 Å². The number of nitrogens with zero attached hydrogens (tertiary/aromatic N) is 3. The smallest absolute Gasteiger partial charge is 0.284 e. The summed E-state index contributed by atoms with van der Waals surface area (Å²) in [5, 5.41) is 0. The zero-order valence-corrected chi connectivity index (χ0v) is 14.3. The maximum absolute atomic E-state index is 12.5.